The first-order valence-electron chi connectivity index (χ1n) is 1.67. The summed E-state index contributed by atoms with van der Waals surface area (Å²) >= 11 is 0. The minimum Gasteiger partial charge on any atom is -0.479 e. The van der Waals surface area contributed by atoms with Crippen molar-refractivity contribution in [3.05, 3.63) is 0 Å². The highest BCUT2D eigenvalue weighted by Gasteiger charge is 2.00. The second-order valence-corrected chi connectivity index (χ2v) is 0.920. The van der Waals surface area contributed by atoms with Gasteiger partial charge in [-0.2, -0.15) is 0 Å². The molecule has 0 spiro atoms. The average molecular weight is 122 g/mol. The fourth-order valence-electron chi connectivity index (χ4n) is 0.118. The Morgan fingerprint density at radius 2 is 2.12 bits per heavy atom. The minimum absolute atomic E-state index is 0.921. The van der Waals surface area contributed by atoms with E-state index < -0.39 is 18.8 Å². The number of aliphatic carboxylic acids is 1. The minimum atomic E-state index is -2.08. The lowest BCUT2D eigenvalue weighted by Gasteiger charge is -1.89. The molecule has 0 aromatic heterocycles. The van der Waals surface area contributed by atoms with Gasteiger partial charge in [0.1, 0.15) is 0 Å². The van der Waals surface area contributed by atoms with Gasteiger partial charge in [-0.3, -0.25) is 0 Å². The molecule has 0 saturated carbocycles. The summed E-state index contributed by atoms with van der Waals surface area (Å²) in [6, 6.07) is 0. The van der Waals surface area contributed by atoms with E-state index in [1.807, 2.05) is 0 Å². The Labute approximate surface area is 43.9 Å². The third-order valence-corrected chi connectivity index (χ3v) is 0.309. The van der Waals surface area contributed by atoms with E-state index in [2.05, 4.69) is 4.74 Å². The van der Waals surface area contributed by atoms with Gasteiger partial charge in [-0.15, -0.1) is 4.39 Å². The van der Waals surface area contributed by atoms with Crippen LogP contribution < -0.4 is 0 Å². The molecule has 0 fully saturated rings. The first-order chi connectivity index (χ1) is 3.63. The lowest BCUT2D eigenvalue weighted by Crippen LogP contribution is -2.08. The van der Waals surface area contributed by atoms with Gasteiger partial charge in [0, 0.05) is 0 Å². The summed E-state index contributed by atoms with van der Waals surface area (Å²) in [4.78, 5) is 18.7. The molecule has 5 heteroatoms. The molecule has 0 aliphatic heterocycles. The fraction of sp³-hybridized carbons (Fsp3) is 0.333. The zero-order valence-electron chi connectivity index (χ0n) is 3.76. The van der Waals surface area contributed by atoms with Crippen molar-refractivity contribution in [3.63, 3.8) is 0 Å². The highest BCUT2D eigenvalue weighted by Crippen LogP contribution is 1.79. The number of carbonyl (C=O) groups is 2. The summed E-state index contributed by atoms with van der Waals surface area (Å²) in [6.07, 6.45) is -2.08. The molecule has 0 atom stereocenters. The number of hydrogen-bond acceptors (Lipinski definition) is 3. The number of ether oxygens (including phenoxy) is 1. The van der Waals surface area contributed by atoms with E-state index in [1.165, 1.54) is 0 Å². The van der Waals surface area contributed by atoms with Crippen LogP contribution in [0.4, 0.5) is 9.18 Å². The smallest absolute Gasteiger partial charge is 0.479 e. The van der Waals surface area contributed by atoms with Gasteiger partial charge < -0.3 is 9.84 Å². The van der Waals surface area contributed by atoms with E-state index in [9.17, 15) is 14.0 Å². The van der Waals surface area contributed by atoms with Gasteiger partial charge in [0.15, 0.2) is 6.61 Å². The van der Waals surface area contributed by atoms with Gasteiger partial charge in [-0.1, -0.05) is 0 Å². The molecule has 0 amide bonds. The van der Waals surface area contributed by atoms with Crippen LogP contribution in [0.1, 0.15) is 0 Å². The number of carbonyl (C=O) groups excluding carboxylic acids is 1. The summed E-state index contributed by atoms with van der Waals surface area (Å²) in [6.45, 7) is -0.921. The predicted octanol–water partition coefficient (Wildman–Crippen LogP) is 0.177. The summed E-state index contributed by atoms with van der Waals surface area (Å²) in [5.74, 6) is -1.38. The summed E-state index contributed by atoms with van der Waals surface area (Å²) in [5.41, 5.74) is 0. The normalized spacial score (nSPS) is 8.12. The largest absolute Gasteiger partial charge is 0.496 e. The first-order valence-corrected chi connectivity index (χ1v) is 1.67. The summed E-state index contributed by atoms with van der Waals surface area (Å²) in [5, 5.41) is 7.72. The Bertz CT molecular complexity index is 95.9. The van der Waals surface area contributed by atoms with Gasteiger partial charge in [0.2, 0.25) is 0 Å². The van der Waals surface area contributed by atoms with Gasteiger partial charge in [0.25, 0.3) is 0 Å². The Morgan fingerprint density at radius 3 is 2.25 bits per heavy atom. The summed E-state index contributed by atoms with van der Waals surface area (Å²) in [7, 11) is 0. The highest BCUT2D eigenvalue weighted by molar-refractivity contribution is 5.71. The maximum absolute atomic E-state index is 10.9. The van der Waals surface area contributed by atoms with Crippen LogP contribution in [0.2, 0.25) is 0 Å². The first kappa shape index (κ1) is 6.87. The molecule has 0 rings (SSSR count). The van der Waals surface area contributed by atoms with E-state index in [1.54, 1.807) is 0 Å². The van der Waals surface area contributed by atoms with Crippen LogP contribution >= 0.6 is 0 Å². The van der Waals surface area contributed by atoms with Crippen LogP contribution in [0.5, 0.6) is 0 Å². The zero-order valence-corrected chi connectivity index (χ0v) is 3.76. The van der Waals surface area contributed by atoms with Crippen LogP contribution in [-0.2, 0) is 9.53 Å². The highest BCUT2D eigenvalue weighted by atomic mass is 19.1. The van der Waals surface area contributed by atoms with E-state index in [0.29, 0.717) is 0 Å². The number of carboxylic acid groups (broad SMARTS) is 1. The average Bonchev–Trinajstić information content (AvgIpc) is 1.61. The van der Waals surface area contributed by atoms with Crippen molar-refractivity contribution in [2.24, 2.45) is 0 Å². The molecule has 0 unspecified atom stereocenters. The molecule has 0 aliphatic carbocycles. The predicted molar refractivity (Wildman–Crippen MR) is 20.1 cm³/mol. The Balaban J connectivity index is 3.18. The molecule has 0 bridgehead atoms. The Morgan fingerprint density at radius 1 is 1.62 bits per heavy atom. The summed E-state index contributed by atoms with van der Waals surface area (Å²) < 4.78 is 14.3. The molecule has 0 radical (unpaired) electrons. The van der Waals surface area contributed by atoms with Crippen molar-refractivity contribution >= 4 is 12.2 Å². The Kier molecular flexibility index (Phi) is 2.53. The van der Waals surface area contributed by atoms with E-state index in [-0.39, 0.29) is 0 Å². The number of halogens is 1. The lowest BCUT2D eigenvalue weighted by atomic mass is 10.8. The molecule has 0 aromatic carbocycles. The van der Waals surface area contributed by atoms with Crippen molar-refractivity contribution in [2.75, 3.05) is 6.61 Å². The number of rotatable bonds is 2. The molecule has 8 heavy (non-hydrogen) atoms. The zero-order chi connectivity index (χ0) is 6.57. The van der Waals surface area contributed by atoms with Crippen molar-refractivity contribution in [1.82, 2.24) is 0 Å². The number of carboxylic acids is 1. The van der Waals surface area contributed by atoms with Crippen LogP contribution in [0.3, 0.4) is 0 Å². The molecule has 0 aliphatic rings. The third kappa shape index (κ3) is 4.87. The van der Waals surface area contributed by atoms with Crippen LogP contribution in [0.25, 0.3) is 0 Å². The van der Waals surface area contributed by atoms with Gasteiger partial charge in [-0.25, -0.2) is 9.59 Å². The maximum Gasteiger partial charge on any atom is 0.496 e. The van der Waals surface area contributed by atoms with Gasteiger partial charge in [0.05, 0.1) is 0 Å². The van der Waals surface area contributed by atoms with Gasteiger partial charge in [-0.05, 0) is 0 Å². The molecule has 0 saturated heterocycles. The Hall–Kier alpha value is -1.13. The fourth-order valence-corrected chi connectivity index (χ4v) is 0.118. The van der Waals surface area contributed by atoms with Crippen LogP contribution in [-0.4, -0.2) is 23.9 Å². The monoisotopic (exact) mass is 122 g/mol. The van der Waals surface area contributed by atoms with Crippen LogP contribution in [0, 0.1) is 0 Å². The SMILES string of the molecule is O=C(O)COC(=O)F. The van der Waals surface area contributed by atoms with Crippen molar-refractivity contribution in [1.29, 1.82) is 0 Å². The van der Waals surface area contributed by atoms with E-state index in [0.717, 1.165) is 0 Å². The molecule has 0 aromatic rings. The molecule has 0 heterocycles. The molecular weight excluding hydrogens is 119 g/mol. The quantitative estimate of drug-likeness (QED) is 0.530. The molecule has 4 nitrogen and oxygen atoms in total. The molecule has 1 N–H and O–H groups in total. The topological polar surface area (TPSA) is 63.6 Å². The third-order valence-electron chi connectivity index (χ3n) is 0.309. The maximum atomic E-state index is 10.9. The van der Waals surface area contributed by atoms with Gasteiger partial charge >= 0.3 is 12.2 Å². The number of hydrogen-bond donors (Lipinski definition) is 1. The standard InChI is InChI=1S/C3H3FO4/c4-3(7)8-1-2(5)6/h1H2,(H,5,6). The van der Waals surface area contributed by atoms with Crippen molar-refractivity contribution in [3.8, 4) is 0 Å². The lowest BCUT2D eigenvalue weighted by molar-refractivity contribution is -0.140. The van der Waals surface area contributed by atoms with Crippen molar-refractivity contribution < 1.29 is 23.8 Å². The van der Waals surface area contributed by atoms with Crippen LogP contribution in [0.15, 0.2) is 0 Å². The molecule has 46 valence electrons. The van der Waals surface area contributed by atoms with E-state index in [4.69, 9.17) is 5.11 Å². The second-order valence-electron chi connectivity index (χ2n) is 0.920. The van der Waals surface area contributed by atoms with Crippen molar-refractivity contribution in [2.45, 2.75) is 0 Å². The molecular formula is C3H3FO4. The second kappa shape index (κ2) is 2.95. The van der Waals surface area contributed by atoms with E-state index >= 15 is 0 Å².